The van der Waals surface area contributed by atoms with Crippen LogP contribution < -0.4 is 10.2 Å². The molecule has 2 heterocycles. The fourth-order valence-electron chi connectivity index (χ4n) is 2.31. The van der Waals surface area contributed by atoms with E-state index in [-0.39, 0.29) is 0 Å². The smallest absolute Gasteiger partial charge is 0.119 e. The molecule has 88 valence electrons. The van der Waals surface area contributed by atoms with E-state index in [9.17, 15) is 0 Å². The third-order valence-electron chi connectivity index (χ3n) is 3.22. The molecule has 0 unspecified atom stereocenters. The number of hydrogen-bond donors (Lipinski definition) is 0. The van der Waals surface area contributed by atoms with Gasteiger partial charge in [0, 0.05) is 29.5 Å². The summed E-state index contributed by atoms with van der Waals surface area (Å²) in [6.07, 6.45) is 3.44. The van der Waals surface area contributed by atoms with Crippen LogP contribution >= 0.6 is 11.6 Å². The first kappa shape index (κ1) is 11.4. The van der Waals surface area contributed by atoms with Crippen molar-refractivity contribution in [2.24, 2.45) is 7.05 Å². The van der Waals surface area contributed by atoms with E-state index in [4.69, 9.17) is 24.2 Å². The Morgan fingerprint density at radius 3 is 2.78 bits per heavy atom. The molecular formula is C13H10BClN2O. The lowest BCUT2D eigenvalue weighted by molar-refractivity contribution is 0.419. The van der Waals surface area contributed by atoms with Crippen LogP contribution in [0.3, 0.4) is 0 Å². The minimum atomic E-state index is 0.611. The molecule has 5 heteroatoms. The van der Waals surface area contributed by atoms with Crippen LogP contribution in [0.25, 0.3) is 21.8 Å². The SMILES string of the molecule is [B]c1cc2c(cc1OC)c1c(Cl)cncc1n2C. The van der Waals surface area contributed by atoms with Crippen LogP contribution in [0.15, 0.2) is 24.5 Å². The van der Waals surface area contributed by atoms with Crippen LogP contribution in [0.1, 0.15) is 0 Å². The zero-order chi connectivity index (χ0) is 12.9. The Morgan fingerprint density at radius 1 is 1.28 bits per heavy atom. The van der Waals surface area contributed by atoms with Gasteiger partial charge >= 0.3 is 0 Å². The van der Waals surface area contributed by atoms with E-state index >= 15 is 0 Å². The summed E-state index contributed by atoms with van der Waals surface area (Å²) in [6, 6.07) is 3.81. The molecule has 0 saturated carbocycles. The highest BCUT2D eigenvalue weighted by atomic mass is 35.5. The zero-order valence-electron chi connectivity index (χ0n) is 10.1. The van der Waals surface area contributed by atoms with Crippen LogP contribution in [0.4, 0.5) is 0 Å². The largest absolute Gasteiger partial charge is 0.497 e. The number of aromatic nitrogens is 2. The van der Waals surface area contributed by atoms with Gasteiger partial charge in [0.05, 0.1) is 23.8 Å². The Morgan fingerprint density at radius 2 is 2.06 bits per heavy atom. The lowest BCUT2D eigenvalue weighted by Gasteiger charge is -2.05. The molecule has 0 N–H and O–H groups in total. The quantitative estimate of drug-likeness (QED) is 0.624. The van der Waals surface area contributed by atoms with E-state index < -0.39 is 0 Å². The Kier molecular flexibility index (Phi) is 2.49. The molecule has 18 heavy (non-hydrogen) atoms. The van der Waals surface area contributed by atoms with Crippen molar-refractivity contribution in [1.29, 1.82) is 0 Å². The summed E-state index contributed by atoms with van der Waals surface area (Å²) in [5.74, 6) is 0.655. The van der Waals surface area contributed by atoms with Gasteiger partial charge in [0.1, 0.15) is 13.6 Å². The maximum atomic E-state index is 6.24. The van der Waals surface area contributed by atoms with Crippen molar-refractivity contribution in [1.82, 2.24) is 9.55 Å². The van der Waals surface area contributed by atoms with Gasteiger partial charge < -0.3 is 9.30 Å². The van der Waals surface area contributed by atoms with Gasteiger partial charge in [-0.1, -0.05) is 17.1 Å². The molecule has 3 rings (SSSR count). The summed E-state index contributed by atoms with van der Waals surface area (Å²) in [4.78, 5) is 4.12. The highest BCUT2D eigenvalue weighted by molar-refractivity contribution is 6.39. The van der Waals surface area contributed by atoms with Crippen LogP contribution in [0.2, 0.25) is 5.02 Å². The summed E-state index contributed by atoms with van der Waals surface area (Å²) in [7, 11) is 9.51. The Labute approximate surface area is 111 Å². The topological polar surface area (TPSA) is 27.1 Å². The van der Waals surface area contributed by atoms with E-state index in [0.717, 1.165) is 21.8 Å². The van der Waals surface area contributed by atoms with Crippen molar-refractivity contribution in [3.63, 3.8) is 0 Å². The van der Waals surface area contributed by atoms with Crippen molar-refractivity contribution in [2.75, 3.05) is 7.11 Å². The first-order valence-corrected chi connectivity index (χ1v) is 5.86. The van der Waals surface area contributed by atoms with Crippen LogP contribution in [0, 0.1) is 0 Å². The molecule has 3 nitrogen and oxygen atoms in total. The van der Waals surface area contributed by atoms with Gasteiger partial charge in [-0.3, -0.25) is 4.98 Å². The van der Waals surface area contributed by atoms with Gasteiger partial charge in [-0.2, -0.15) is 0 Å². The second kappa shape index (κ2) is 3.92. The van der Waals surface area contributed by atoms with Crippen molar-refractivity contribution < 1.29 is 4.74 Å². The predicted octanol–water partition coefficient (Wildman–Crippen LogP) is 2.18. The van der Waals surface area contributed by atoms with E-state index in [1.165, 1.54) is 0 Å². The Bertz CT molecular complexity index is 767. The van der Waals surface area contributed by atoms with Gasteiger partial charge in [0.25, 0.3) is 0 Å². The summed E-state index contributed by atoms with van der Waals surface area (Å²) in [5, 5.41) is 2.62. The highest BCUT2D eigenvalue weighted by Gasteiger charge is 2.13. The molecule has 0 atom stereocenters. The number of halogens is 1. The molecular weight excluding hydrogens is 246 g/mol. The number of benzene rings is 1. The highest BCUT2D eigenvalue weighted by Crippen LogP contribution is 2.33. The number of hydrogen-bond acceptors (Lipinski definition) is 2. The number of fused-ring (bicyclic) bond motifs is 3. The van der Waals surface area contributed by atoms with E-state index in [1.54, 1.807) is 19.5 Å². The molecule has 0 aliphatic rings. The number of methoxy groups -OCH3 is 1. The summed E-state index contributed by atoms with van der Waals surface area (Å²) in [5.41, 5.74) is 2.60. The van der Waals surface area contributed by atoms with Gasteiger partial charge in [-0.05, 0) is 12.1 Å². The summed E-state index contributed by atoms with van der Waals surface area (Å²) >= 11 is 6.24. The minimum absolute atomic E-state index is 0.611. The van der Waals surface area contributed by atoms with Crippen LogP contribution in [-0.4, -0.2) is 24.5 Å². The van der Waals surface area contributed by atoms with Crippen LogP contribution in [-0.2, 0) is 7.05 Å². The van der Waals surface area contributed by atoms with Gasteiger partial charge in [-0.15, -0.1) is 0 Å². The van der Waals surface area contributed by atoms with E-state index in [0.29, 0.717) is 16.2 Å². The molecule has 2 radical (unpaired) electrons. The van der Waals surface area contributed by atoms with Gasteiger partial charge in [0.2, 0.25) is 0 Å². The average molecular weight is 257 g/mol. The minimum Gasteiger partial charge on any atom is -0.497 e. The maximum absolute atomic E-state index is 6.24. The monoisotopic (exact) mass is 256 g/mol. The standard InChI is InChI=1S/C13H10BClN2O/c1-17-10-4-8(14)12(18-2)3-7(10)13-9(15)5-16-6-11(13)17/h3-6H,1-2H3. The van der Waals surface area contributed by atoms with Crippen molar-refractivity contribution >= 4 is 46.7 Å². The second-order valence-corrected chi connectivity index (χ2v) is 4.59. The third kappa shape index (κ3) is 1.42. The third-order valence-corrected chi connectivity index (χ3v) is 3.51. The molecule has 3 aromatic rings. The van der Waals surface area contributed by atoms with Crippen molar-refractivity contribution in [2.45, 2.75) is 0 Å². The van der Waals surface area contributed by atoms with Crippen LogP contribution in [0.5, 0.6) is 5.75 Å². The molecule has 0 bridgehead atoms. The van der Waals surface area contributed by atoms with E-state index in [2.05, 4.69) is 4.98 Å². The van der Waals surface area contributed by atoms with Gasteiger partial charge in [0.15, 0.2) is 0 Å². The zero-order valence-corrected chi connectivity index (χ0v) is 10.8. The molecule has 0 saturated heterocycles. The fourth-order valence-corrected chi connectivity index (χ4v) is 2.57. The molecule has 0 aliphatic carbocycles. The first-order chi connectivity index (χ1) is 8.63. The molecule has 0 aliphatic heterocycles. The summed E-state index contributed by atoms with van der Waals surface area (Å²) in [6.45, 7) is 0. The average Bonchev–Trinajstić information content (AvgIpc) is 2.63. The predicted molar refractivity (Wildman–Crippen MR) is 75.2 cm³/mol. The molecule has 1 aromatic carbocycles. The molecule has 0 spiro atoms. The Balaban J connectivity index is 2.58. The number of rotatable bonds is 1. The first-order valence-electron chi connectivity index (χ1n) is 5.48. The summed E-state index contributed by atoms with van der Waals surface area (Å²) < 4.78 is 7.29. The maximum Gasteiger partial charge on any atom is 0.119 e. The lowest BCUT2D eigenvalue weighted by Crippen LogP contribution is -2.07. The number of pyridine rings is 1. The molecule has 2 aromatic heterocycles. The van der Waals surface area contributed by atoms with E-state index in [1.807, 2.05) is 23.7 Å². The number of aryl methyl sites for hydroxylation is 1. The van der Waals surface area contributed by atoms with Gasteiger partial charge in [-0.25, -0.2) is 0 Å². The fraction of sp³-hybridized carbons (Fsp3) is 0.154. The second-order valence-electron chi connectivity index (χ2n) is 4.19. The molecule has 0 amide bonds. The lowest BCUT2D eigenvalue weighted by atomic mass is 9.93. The van der Waals surface area contributed by atoms with Crippen molar-refractivity contribution in [3.8, 4) is 5.75 Å². The number of ether oxygens (including phenoxy) is 1. The van der Waals surface area contributed by atoms with Crippen molar-refractivity contribution in [3.05, 3.63) is 29.5 Å². The number of nitrogens with zero attached hydrogens (tertiary/aromatic N) is 2. The Hall–Kier alpha value is -1.68. The normalized spacial score (nSPS) is 11.3. The molecule has 0 fully saturated rings.